The number of hydrogen-bond acceptors (Lipinski definition) is 3. The highest BCUT2D eigenvalue weighted by Crippen LogP contribution is 2.30. The van der Waals surface area contributed by atoms with Gasteiger partial charge in [-0.3, -0.25) is 4.79 Å². The summed E-state index contributed by atoms with van der Waals surface area (Å²) in [5.41, 5.74) is 1.59. The van der Waals surface area contributed by atoms with E-state index in [9.17, 15) is 23.2 Å². The molecule has 0 aliphatic heterocycles. The van der Waals surface area contributed by atoms with Gasteiger partial charge in [0, 0.05) is 11.3 Å². The van der Waals surface area contributed by atoms with Crippen LogP contribution < -0.4 is 10.1 Å². The van der Waals surface area contributed by atoms with Crippen molar-refractivity contribution in [3.05, 3.63) is 101 Å². The van der Waals surface area contributed by atoms with Gasteiger partial charge >= 0.3 is 6.18 Å². The zero-order valence-electron chi connectivity index (χ0n) is 18.7. The first-order valence-corrected chi connectivity index (χ1v) is 10.6. The number of amides is 1. The first kappa shape index (κ1) is 24.6. The molecule has 0 aliphatic rings. The van der Waals surface area contributed by atoms with Crippen molar-refractivity contribution >= 4 is 17.7 Å². The number of carbonyl (C=O) groups excluding carboxylic acids is 1. The van der Waals surface area contributed by atoms with Crippen LogP contribution in [0.2, 0.25) is 0 Å². The standard InChI is InChI=1S/C27H23F3N2O2/c1-18(2)20-10-12-24(13-11-20)32-26(33)22(16-31)15-21-7-3-4-9-25(21)34-17-19-6-5-8-23(14-19)27(28,29)30/h3-15,18H,17H2,1-2H3,(H,32,33). The van der Waals surface area contributed by atoms with E-state index in [0.717, 1.165) is 17.7 Å². The topological polar surface area (TPSA) is 62.1 Å². The van der Waals surface area contributed by atoms with Crippen molar-refractivity contribution in [1.82, 2.24) is 0 Å². The fraction of sp³-hybridized carbons (Fsp3) is 0.185. The Balaban J connectivity index is 1.76. The fourth-order valence-corrected chi connectivity index (χ4v) is 3.18. The van der Waals surface area contributed by atoms with E-state index in [1.807, 2.05) is 18.2 Å². The number of halogens is 3. The summed E-state index contributed by atoms with van der Waals surface area (Å²) in [5, 5.41) is 12.2. The van der Waals surface area contributed by atoms with E-state index >= 15 is 0 Å². The van der Waals surface area contributed by atoms with Gasteiger partial charge in [-0.1, -0.05) is 56.3 Å². The molecule has 0 spiro atoms. The van der Waals surface area contributed by atoms with Crippen LogP contribution in [0.1, 0.15) is 42.0 Å². The van der Waals surface area contributed by atoms with E-state index in [1.54, 1.807) is 36.4 Å². The summed E-state index contributed by atoms with van der Waals surface area (Å²) in [6.07, 6.45) is -3.06. The van der Waals surface area contributed by atoms with Crippen molar-refractivity contribution in [2.45, 2.75) is 32.5 Å². The van der Waals surface area contributed by atoms with Crippen molar-refractivity contribution in [1.29, 1.82) is 5.26 Å². The molecule has 0 saturated heterocycles. The number of hydrogen-bond donors (Lipinski definition) is 1. The Morgan fingerprint density at radius 3 is 2.41 bits per heavy atom. The van der Waals surface area contributed by atoms with Gasteiger partial charge in [0.05, 0.1) is 5.56 Å². The highest BCUT2D eigenvalue weighted by molar-refractivity contribution is 6.09. The Morgan fingerprint density at radius 1 is 1.06 bits per heavy atom. The molecule has 0 heterocycles. The number of alkyl halides is 3. The van der Waals surface area contributed by atoms with Crippen molar-refractivity contribution < 1.29 is 22.7 Å². The SMILES string of the molecule is CC(C)c1ccc(NC(=O)C(C#N)=Cc2ccccc2OCc2cccc(C(F)(F)F)c2)cc1. The van der Waals surface area contributed by atoms with Crippen LogP contribution in [0.5, 0.6) is 5.75 Å². The summed E-state index contributed by atoms with van der Waals surface area (Å²) >= 11 is 0. The van der Waals surface area contributed by atoms with Gasteiger partial charge in [0.1, 0.15) is 24.0 Å². The highest BCUT2D eigenvalue weighted by Gasteiger charge is 2.30. The third kappa shape index (κ3) is 6.48. The molecule has 0 aliphatic carbocycles. The lowest BCUT2D eigenvalue weighted by Crippen LogP contribution is -2.13. The molecule has 7 heteroatoms. The average molecular weight is 464 g/mol. The van der Waals surface area contributed by atoms with Crippen LogP contribution in [-0.2, 0) is 17.6 Å². The van der Waals surface area contributed by atoms with Gasteiger partial charge < -0.3 is 10.1 Å². The molecule has 0 bridgehead atoms. The van der Waals surface area contributed by atoms with Crippen LogP contribution >= 0.6 is 0 Å². The maximum absolute atomic E-state index is 12.9. The smallest absolute Gasteiger partial charge is 0.416 e. The number of benzene rings is 3. The second-order valence-electron chi connectivity index (χ2n) is 7.93. The zero-order valence-corrected chi connectivity index (χ0v) is 18.7. The molecule has 174 valence electrons. The third-order valence-corrected chi connectivity index (χ3v) is 5.07. The molecule has 0 saturated carbocycles. The van der Waals surface area contributed by atoms with Gasteiger partial charge in [-0.05, 0) is 53.5 Å². The maximum atomic E-state index is 12.9. The largest absolute Gasteiger partial charge is 0.488 e. The number of ether oxygens (including phenoxy) is 1. The summed E-state index contributed by atoms with van der Waals surface area (Å²) < 4.78 is 44.6. The summed E-state index contributed by atoms with van der Waals surface area (Å²) in [4.78, 5) is 12.6. The van der Waals surface area contributed by atoms with Crippen LogP contribution in [-0.4, -0.2) is 5.91 Å². The van der Waals surface area contributed by atoms with Crippen molar-refractivity contribution in [3.8, 4) is 11.8 Å². The number of carbonyl (C=O) groups is 1. The monoisotopic (exact) mass is 464 g/mol. The first-order valence-electron chi connectivity index (χ1n) is 10.6. The molecule has 1 N–H and O–H groups in total. The number of anilines is 1. The van der Waals surface area contributed by atoms with Gasteiger partial charge in [-0.25, -0.2) is 0 Å². The third-order valence-electron chi connectivity index (χ3n) is 5.07. The summed E-state index contributed by atoms with van der Waals surface area (Å²) in [5.74, 6) is 0.112. The molecule has 3 rings (SSSR count). The molecule has 0 unspecified atom stereocenters. The lowest BCUT2D eigenvalue weighted by Gasteiger charge is -2.12. The van der Waals surface area contributed by atoms with Crippen LogP contribution in [0.3, 0.4) is 0 Å². The number of nitrogens with one attached hydrogen (secondary N) is 1. The molecule has 34 heavy (non-hydrogen) atoms. The second-order valence-corrected chi connectivity index (χ2v) is 7.93. The lowest BCUT2D eigenvalue weighted by molar-refractivity contribution is -0.137. The van der Waals surface area contributed by atoms with Crippen molar-refractivity contribution in [2.24, 2.45) is 0 Å². The Labute approximate surface area is 196 Å². The Kier molecular flexibility index (Phi) is 7.75. The van der Waals surface area contributed by atoms with E-state index in [2.05, 4.69) is 19.2 Å². The number of nitriles is 1. The van der Waals surface area contributed by atoms with Crippen molar-refractivity contribution in [3.63, 3.8) is 0 Å². The Morgan fingerprint density at radius 2 is 1.76 bits per heavy atom. The normalized spacial score (nSPS) is 11.7. The minimum Gasteiger partial charge on any atom is -0.488 e. The molecule has 0 radical (unpaired) electrons. The maximum Gasteiger partial charge on any atom is 0.416 e. The Hall–Kier alpha value is -4.05. The van der Waals surface area contributed by atoms with Gasteiger partial charge in [-0.15, -0.1) is 0 Å². The van der Waals surface area contributed by atoms with Gasteiger partial charge in [0.2, 0.25) is 0 Å². The molecular formula is C27H23F3N2O2. The molecule has 3 aromatic rings. The second kappa shape index (κ2) is 10.7. The first-order chi connectivity index (χ1) is 16.2. The zero-order chi connectivity index (χ0) is 24.7. The van der Waals surface area contributed by atoms with E-state index in [1.165, 1.54) is 18.2 Å². The molecule has 0 atom stereocenters. The summed E-state index contributed by atoms with van der Waals surface area (Å²) in [7, 11) is 0. The number of para-hydroxylation sites is 1. The van der Waals surface area contributed by atoms with Crippen LogP contribution in [0.15, 0.2) is 78.4 Å². The minimum absolute atomic E-state index is 0.106. The molecule has 0 aromatic heterocycles. The van der Waals surface area contributed by atoms with Gasteiger partial charge in [0.25, 0.3) is 5.91 Å². The van der Waals surface area contributed by atoms with Crippen LogP contribution in [0.25, 0.3) is 6.08 Å². The molecule has 0 fully saturated rings. The molecular weight excluding hydrogens is 441 g/mol. The van der Waals surface area contributed by atoms with E-state index in [0.29, 0.717) is 28.5 Å². The van der Waals surface area contributed by atoms with Crippen molar-refractivity contribution in [2.75, 3.05) is 5.32 Å². The number of nitrogens with zero attached hydrogens (tertiary/aromatic N) is 1. The molecule has 4 nitrogen and oxygen atoms in total. The van der Waals surface area contributed by atoms with Crippen LogP contribution in [0, 0.1) is 11.3 Å². The highest BCUT2D eigenvalue weighted by atomic mass is 19.4. The van der Waals surface area contributed by atoms with Gasteiger partial charge in [0.15, 0.2) is 0 Å². The van der Waals surface area contributed by atoms with Gasteiger partial charge in [-0.2, -0.15) is 18.4 Å². The van der Waals surface area contributed by atoms with Crippen LogP contribution in [0.4, 0.5) is 18.9 Å². The van der Waals surface area contributed by atoms with E-state index in [-0.39, 0.29) is 12.2 Å². The fourth-order valence-electron chi connectivity index (χ4n) is 3.18. The van der Waals surface area contributed by atoms with E-state index in [4.69, 9.17) is 4.74 Å². The number of rotatable bonds is 7. The predicted octanol–water partition coefficient (Wildman–Crippen LogP) is 6.95. The lowest BCUT2D eigenvalue weighted by atomic mass is 10.0. The summed E-state index contributed by atoms with van der Waals surface area (Å²) in [6.45, 7) is 4.03. The van der Waals surface area contributed by atoms with E-state index < -0.39 is 17.6 Å². The predicted molar refractivity (Wildman–Crippen MR) is 125 cm³/mol. The average Bonchev–Trinajstić information content (AvgIpc) is 2.81. The molecule has 3 aromatic carbocycles. The Bertz CT molecular complexity index is 1220. The quantitative estimate of drug-likeness (QED) is 0.304. The minimum atomic E-state index is -4.44. The summed E-state index contributed by atoms with van der Waals surface area (Å²) in [6, 6.07) is 20.8. The molecule has 1 amide bonds.